The number of halogens is 1. The van der Waals surface area contributed by atoms with Crippen molar-refractivity contribution in [2.24, 2.45) is 0 Å². The summed E-state index contributed by atoms with van der Waals surface area (Å²) >= 11 is 6.00. The first-order chi connectivity index (χ1) is 9.24. The second kappa shape index (κ2) is 4.94. The maximum absolute atomic E-state index is 6.00. The summed E-state index contributed by atoms with van der Waals surface area (Å²) in [5.74, 6) is 0.888. The SMILES string of the molecule is Cc1ccccc1OCc1cnc2ccc(Cl)cn12. The van der Waals surface area contributed by atoms with Crippen LogP contribution in [0.5, 0.6) is 5.75 Å². The molecule has 4 heteroatoms. The predicted octanol–water partition coefficient (Wildman–Crippen LogP) is 3.88. The Hall–Kier alpha value is -2.00. The monoisotopic (exact) mass is 272 g/mol. The summed E-state index contributed by atoms with van der Waals surface area (Å²) in [5, 5.41) is 0.683. The molecule has 0 amide bonds. The molecule has 0 aliphatic carbocycles. The number of fused-ring (bicyclic) bond motifs is 1. The predicted molar refractivity (Wildman–Crippen MR) is 75.7 cm³/mol. The van der Waals surface area contributed by atoms with Crippen molar-refractivity contribution >= 4 is 17.2 Å². The average Bonchev–Trinajstić information content (AvgIpc) is 2.80. The van der Waals surface area contributed by atoms with Gasteiger partial charge in [-0.1, -0.05) is 29.8 Å². The van der Waals surface area contributed by atoms with Crippen LogP contribution in [0.25, 0.3) is 5.65 Å². The lowest BCUT2D eigenvalue weighted by molar-refractivity contribution is 0.298. The standard InChI is InChI=1S/C15H13ClN2O/c1-11-4-2-3-5-14(11)19-10-13-8-17-15-7-6-12(16)9-18(13)15/h2-9H,10H2,1H3. The lowest BCUT2D eigenvalue weighted by atomic mass is 10.2. The number of hydrogen-bond donors (Lipinski definition) is 0. The van der Waals surface area contributed by atoms with Crippen LogP contribution in [0, 0.1) is 6.92 Å². The van der Waals surface area contributed by atoms with E-state index in [1.165, 1.54) is 0 Å². The Morgan fingerprint density at radius 3 is 2.89 bits per heavy atom. The van der Waals surface area contributed by atoms with Crippen LogP contribution in [-0.4, -0.2) is 9.38 Å². The van der Waals surface area contributed by atoms with E-state index in [4.69, 9.17) is 16.3 Å². The zero-order chi connectivity index (χ0) is 13.2. The Bertz CT molecular complexity index is 721. The van der Waals surface area contributed by atoms with E-state index in [-0.39, 0.29) is 0 Å². The van der Waals surface area contributed by atoms with Crippen molar-refractivity contribution in [1.82, 2.24) is 9.38 Å². The third-order valence-corrected chi connectivity index (χ3v) is 3.24. The minimum absolute atomic E-state index is 0.465. The highest BCUT2D eigenvalue weighted by Crippen LogP contribution is 2.19. The van der Waals surface area contributed by atoms with E-state index < -0.39 is 0 Å². The Labute approximate surface area is 116 Å². The normalized spacial score (nSPS) is 10.8. The molecule has 0 atom stereocenters. The molecule has 19 heavy (non-hydrogen) atoms. The number of hydrogen-bond acceptors (Lipinski definition) is 2. The van der Waals surface area contributed by atoms with Gasteiger partial charge in [0, 0.05) is 6.20 Å². The van der Waals surface area contributed by atoms with Crippen molar-refractivity contribution in [2.45, 2.75) is 13.5 Å². The van der Waals surface area contributed by atoms with Crippen molar-refractivity contribution in [1.29, 1.82) is 0 Å². The van der Waals surface area contributed by atoms with Crippen LogP contribution in [0.3, 0.4) is 0 Å². The number of imidazole rings is 1. The van der Waals surface area contributed by atoms with Gasteiger partial charge in [0.2, 0.25) is 0 Å². The van der Waals surface area contributed by atoms with E-state index in [0.29, 0.717) is 11.6 Å². The molecule has 3 aromatic rings. The maximum atomic E-state index is 6.00. The van der Waals surface area contributed by atoms with E-state index >= 15 is 0 Å². The molecule has 1 aromatic carbocycles. The first-order valence-corrected chi connectivity index (χ1v) is 6.42. The fraction of sp³-hybridized carbons (Fsp3) is 0.133. The summed E-state index contributed by atoms with van der Waals surface area (Å²) in [7, 11) is 0. The summed E-state index contributed by atoms with van der Waals surface area (Å²) < 4.78 is 7.77. The quantitative estimate of drug-likeness (QED) is 0.723. The van der Waals surface area contributed by atoms with E-state index in [0.717, 1.165) is 22.7 Å². The molecule has 0 aliphatic rings. The fourth-order valence-electron chi connectivity index (χ4n) is 1.98. The van der Waals surface area contributed by atoms with Gasteiger partial charge >= 0.3 is 0 Å². The number of ether oxygens (including phenoxy) is 1. The number of pyridine rings is 1. The summed E-state index contributed by atoms with van der Waals surface area (Å²) in [6.45, 7) is 2.49. The van der Waals surface area contributed by atoms with Gasteiger partial charge in [-0.2, -0.15) is 0 Å². The van der Waals surface area contributed by atoms with Gasteiger partial charge in [0.1, 0.15) is 18.0 Å². The van der Waals surface area contributed by atoms with E-state index in [9.17, 15) is 0 Å². The smallest absolute Gasteiger partial charge is 0.137 e. The van der Waals surface area contributed by atoms with Crippen molar-refractivity contribution in [3.8, 4) is 5.75 Å². The van der Waals surface area contributed by atoms with Gasteiger partial charge in [0.25, 0.3) is 0 Å². The lowest BCUT2D eigenvalue weighted by Crippen LogP contribution is -2.00. The topological polar surface area (TPSA) is 26.5 Å². The molecule has 0 unspecified atom stereocenters. The summed E-state index contributed by atoms with van der Waals surface area (Å²) in [5.41, 5.74) is 2.96. The number of rotatable bonds is 3. The minimum Gasteiger partial charge on any atom is -0.487 e. The van der Waals surface area contributed by atoms with Crippen LogP contribution in [-0.2, 0) is 6.61 Å². The van der Waals surface area contributed by atoms with Crippen LogP contribution >= 0.6 is 11.6 Å². The van der Waals surface area contributed by atoms with Crippen LogP contribution in [0.2, 0.25) is 5.02 Å². The zero-order valence-electron chi connectivity index (χ0n) is 10.5. The lowest BCUT2D eigenvalue weighted by Gasteiger charge is -2.08. The van der Waals surface area contributed by atoms with Crippen LogP contribution in [0.1, 0.15) is 11.3 Å². The Morgan fingerprint density at radius 1 is 1.21 bits per heavy atom. The molecule has 0 saturated carbocycles. The molecule has 3 rings (SSSR count). The molecule has 0 fully saturated rings. The zero-order valence-corrected chi connectivity index (χ0v) is 11.3. The van der Waals surface area contributed by atoms with Crippen LogP contribution < -0.4 is 4.74 Å². The van der Waals surface area contributed by atoms with E-state index in [1.807, 2.05) is 60.1 Å². The highest BCUT2D eigenvalue weighted by Gasteiger charge is 2.05. The third-order valence-electron chi connectivity index (χ3n) is 3.02. The van der Waals surface area contributed by atoms with Gasteiger partial charge in [-0.3, -0.25) is 4.40 Å². The highest BCUT2D eigenvalue weighted by atomic mass is 35.5. The molecule has 96 valence electrons. The molecule has 0 saturated heterocycles. The molecule has 0 aliphatic heterocycles. The van der Waals surface area contributed by atoms with Gasteiger partial charge in [-0.25, -0.2) is 4.98 Å². The van der Waals surface area contributed by atoms with Gasteiger partial charge in [-0.05, 0) is 30.7 Å². The summed E-state index contributed by atoms with van der Waals surface area (Å²) in [6, 6.07) is 11.7. The van der Waals surface area contributed by atoms with Crippen molar-refractivity contribution in [3.05, 3.63) is 65.1 Å². The Morgan fingerprint density at radius 2 is 2.05 bits per heavy atom. The van der Waals surface area contributed by atoms with Gasteiger partial charge in [0.15, 0.2) is 0 Å². The molecule has 0 radical (unpaired) electrons. The van der Waals surface area contributed by atoms with E-state index in [2.05, 4.69) is 4.98 Å². The Kier molecular flexibility index (Phi) is 3.13. The molecule has 2 heterocycles. The molecular formula is C15H13ClN2O. The third kappa shape index (κ3) is 2.42. The fourth-order valence-corrected chi connectivity index (χ4v) is 2.14. The largest absolute Gasteiger partial charge is 0.487 e. The average molecular weight is 273 g/mol. The second-order valence-corrected chi connectivity index (χ2v) is 4.82. The molecule has 0 spiro atoms. The van der Waals surface area contributed by atoms with Gasteiger partial charge in [0.05, 0.1) is 16.9 Å². The molecule has 0 bridgehead atoms. The van der Waals surface area contributed by atoms with Gasteiger partial charge in [-0.15, -0.1) is 0 Å². The van der Waals surface area contributed by atoms with E-state index in [1.54, 1.807) is 0 Å². The molecule has 0 N–H and O–H groups in total. The van der Waals surface area contributed by atoms with Crippen molar-refractivity contribution < 1.29 is 4.74 Å². The molecule has 3 nitrogen and oxygen atoms in total. The minimum atomic E-state index is 0.465. The highest BCUT2D eigenvalue weighted by molar-refractivity contribution is 6.30. The first-order valence-electron chi connectivity index (χ1n) is 6.04. The first kappa shape index (κ1) is 12.1. The molecular weight excluding hydrogens is 260 g/mol. The van der Waals surface area contributed by atoms with Crippen molar-refractivity contribution in [3.63, 3.8) is 0 Å². The number of para-hydroxylation sites is 1. The summed E-state index contributed by atoms with van der Waals surface area (Å²) in [6.07, 6.45) is 3.66. The number of benzene rings is 1. The summed E-state index contributed by atoms with van der Waals surface area (Å²) in [4.78, 5) is 4.32. The second-order valence-electron chi connectivity index (χ2n) is 4.38. The maximum Gasteiger partial charge on any atom is 0.137 e. The Balaban J connectivity index is 1.86. The molecule has 2 aromatic heterocycles. The number of aryl methyl sites for hydroxylation is 1. The van der Waals surface area contributed by atoms with Crippen LogP contribution in [0.15, 0.2) is 48.8 Å². The van der Waals surface area contributed by atoms with Crippen LogP contribution in [0.4, 0.5) is 0 Å². The van der Waals surface area contributed by atoms with Crippen molar-refractivity contribution in [2.75, 3.05) is 0 Å². The van der Waals surface area contributed by atoms with Gasteiger partial charge < -0.3 is 4.74 Å². The number of nitrogens with zero attached hydrogens (tertiary/aromatic N) is 2. The number of aromatic nitrogens is 2.